The van der Waals surface area contributed by atoms with E-state index >= 15 is 0 Å². The van der Waals surface area contributed by atoms with Crippen LogP contribution in [0.4, 0.5) is 0 Å². The van der Waals surface area contributed by atoms with Crippen molar-refractivity contribution in [2.75, 3.05) is 7.05 Å². The summed E-state index contributed by atoms with van der Waals surface area (Å²) in [5.41, 5.74) is 2.67. The standard InChI is InChI=1S/C25H24Cl2N2O2/c1-28-25(31)23(15-18-6-3-2-4-7-18)29(17-20-8-5-9-22(27)14-20)24(30)16-19-10-12-21(26)13-11-19/h2-14,23H,15-17H2,1H3,(H,28,31). The Morgan fingerprint density at radius 2 is 1.52 bits per heavy atom. The third-order valence-corrected chi connectivity index (χ3v) is 5.52. The fourth-order valence-corrected chi connectivity index (χ4v) is 3.77. The van der Waals surface area contributed by atoms with Crippen molar-refractivity contribution in [2.24, 2.45) is 0 Å². The second-order valence-electron chi connectivity index (χ2n) is 7.27. The number of carbonyl (C=O) groups is 2. The van der Waals surface area contributed by atoms with E-state index in [1.807, 2.05) is 60.7 Å². The van der Waals surface area contributed by atoms with Gasteiger partial charge >= 0.3 is 0 Å². The van der Waals surface area contributed by atoms with Gasteiger partial charge in [0.15, 0.2) is 0 Å². The highest BCUT2D eigenvalue weighted by atomic mass is 35.5. The predicted octanol–water partition coefficient (Wildman–Crippen LogP) is 4.92. The van der Waals surface area contributed by atoms with Crippen molar-refractivity contribution in [2.45, 2.75) is 25.4 Å². The lowest BCUT2D eigenvalue weighted by Gasteiger charge is -2.31. The number of amides is 2. The zero-order chi connectivity index (χ0) is 22.2. The molecule has 3 rings (SSSR count). The van der Waals surface area contributed by atoms with Crippen molar-refractivity contribution in [3.8, 4) is 0 Å². The highest BCUT2D eigenvalue weighted by molar-refractivity contribution is 6.30. The van der Waals surface area contributed by atoms with Crippen LogP contribution in [0.1, 0.15) is 16.7 Å². The molecule has 0 bridgehead atoms. The van der Waals surface area contributed by atoms with Crippen molar-refractivity contribution in [1.82, 2.24) is 10.2 Å². The van der Waals surface area contributed by atoms with E-state index in [1.54, 1.807) is 30.1 Å². The van der Waals surface area contributed by atoms with E-state index in [9.17, 15) is 9.59 Å². The largest absolute Gasteiger partial charge is 0.357 e. The molecule has 31 heavy (non-hydrogen) atoms. The van der Waals surface area contributed by atoms with Crippen LogP contribution in [-0.4, -0.2) is 29.8 Å². The molecule has 0 saturated heterocycles. The van der Waals surface area contributed by atoms with E-state index in [0.717, 1.165) is 16.7 Å². The molecule has 0 aliphatic heterocycles. The summed E-state index contributed by atoms with van der Waals surface area (Å²) in [5, 5.41) is 3.91. The highest BCUT2D eigenvalue weighted by Crippen LogP contribution is 2.19. The smallest absolute Gasteiger partial charge is 0.242 e. The molecule has 1 unspecified atom stereocenters. The van der Waals surface area contributed by atoms with Gasteiger partial charge in [-0.05, 0) is 41.0 Å². The number of carbonyl (C=O) groups excluding carboxylic acids is 2. The maximum absolute atomic E-state index is 13.4. The Morgan fingerprint density at radius 1 is 0.839 bits per heavy atom. The minimum Gasteiger partial charge on any atom is -0.357 e. The molecule has 1 atom stereocenters. The monoisotopic (exact) mass is 454 g/mol. The molecule has 0 aromatic heterocycles. The average molecular weight is 455 g/mol. The van der Waals surface area contributed by atoms with Crippen LogP contribution in [0, 0.1) is 0 Å². The summed E-state index contributed by atoms with van der Waals surface area (Å²) in [5.74, 6) is -0.359. The summed E-state index contributed by atoms with van der Waals surface area (Å²) in [6.45, 7) is 0.276. The first-order valence-electron chi connectivity index (χ1n) is 10.00. The zero-order valence-corrected chi connectivity index (χ0v) is 18.7. The zero-order valence-electron chi connectivity index (χ0n) is 17.2. The van der Waals surface area contributed by atoms with E-state index in [-0.39, 0.29) is 24.8 Å². The van der Waals surface area contributed by atoms with Crippen molar-refractivity contribution >= 4 is 35.0 Å². The third kappa shape index (κ3) is 6.58. The van der Waals surface area contributed by atoms with E-state index in [0.29, 0.717) is 16.5 Å². The molecular weight excluding hydrogens is 431 g/mol. The maximum Gasteiger partial charge on any atom is 0.242 e. The number of hydrogen-bond acceptors (Lipinski definition) is 2. The number of benzene rings is 3. The maximum atomic E-state index is 13.4. The van der Waals surface area contributed by atoms with Gasteiger partial charge < -0.3 is 10.2 Å². The average Bonchev–Trinajstić information content (AvgIpc) is 2.78. The lowest BCUT2D eigenvalue weighted by molar-refractivity contribution is -0.140. The van der Waals surface area contributed by atoms with Crippen LogP contribution in [0.2, 0.25) is 10.0 Å². The van der Waals surface area contributed by atoms with E-state index in [2.05, 4.69) is 5.32 Å². The van der Waals surface area contributed by atoms with Crippen LogP contribution < -0.4 is 5.32 Å². The molecule has 0 aliphatic rings. The van der Waals surface area contributed by atoms with Crippen molar-refractivity contribution in [1.29, 1.82) is 0 Å². The fraction of sp³-hybridized carbons (Fsp3) is 0.200. The van der Waals surface area contributed by atoms with Gasteiger partial charge in [-0.25, -0.2) is 0 Å². The molecule has 3 aromatic carbocycles. The molecule has 0 fully saturated rings. The predicted molar refractivity (Wildman–Crippen MR) is 125 cm³/mol. The molecule has 0 radical (unpaired) electrons. The first-order valence-corrected chi connectivity index (χ1v) is 10.8. The summed E-state index contributed by atoms with van der Waals surface area (Å²) in [4.78, 5) is 27.9. The van der Waals surface area contributed by atoms with Crippen molar-refractivity contribution in [3.63, 3.8) is 0 Å². The molecule has 0 saturated carbocycles. The molecule has 2 amide bonds. The van der Waals surface area contributed by atoms with E-state index < -0.39 is 6.04 Å². The van der Waals surface area contributed by atoms with Gasteiger partial charge in [0.1, 0.15) is 6.04 Å². The molecule has 0 heterocycles. The van der Waals surface area contributed by atoms with Gasteiger partial charge in [0, 0.05) is 30.1 Å². The number of hydrogen-bond donors (Lipinski definition) is 1. The van der Waals surface area contributed by atoms with Gasteiger partial charge in [0.25, 0.3) is 0 Å². The molecule has 0 aliphatic carbocycles. The second kappa shape index (κ2) is 11.0. The Kier molecular flexibility index (Phi) is 8.10. The van der Waals surface area contributed by atoms with Gasteiger partial charge in [0.2, 0.25) is 11.8 Å². The topological polar surface area (TPSA) is 49.4 Å². The Bertz CT molecular complexity index is 1020. The Morgan fingerprint density at radius 3 is 2.16 bits per heavy atom. The van der Waals surface area contributed by atoms with Crippen LogP contribution in [0.25, 0.3) is 0 Å². The van der Waals surface area contributed by atoms with Gasteiger partial charge in [0.05, 0.1) is 6.42 Å². The Hall–Kier alpha value is -2.82. The van der Waals surface area contributed by atoms with Crippen molar-refractivity contribution in [3.05, 3.63) is 106 Å². The van der Waals surface area contributed by atoms with Gasteiger partial charge in [-0.3, -0.25) is 9.59 Å². The molecule has 6 heteroatoms. The highest BCUT2D eigenvalue weighted by Gasteiger charge is 2.29. The van der Waals surface area contributed by atoms with Crippen LogP contribution >= 0.6 is 23.2 Å². The molecule has 0 spiro atoms. The number of nitrogens with zero attached hydrogens (tertiary/aromatic N) is 1. The minimum absolute atomic E-state index is 0.146. The lowest BCUT2D eigenvalue weighted by atomic mass is 10.0. The van der Waals surface area contributed by atoms with E-state index in [4.69, 9.17) is 23.2 Å². The quantitative estimate of drug-likeness (QED) is 0.524. The first-order chi connectivity index (χ1) is 15.0. The Balaban J connectivity index is 1.93. The van der Waals surface area contributed by atoms with Gasteiger partial charge in [-0.1, -0.05) is 77.8 Å². The summed E-state index contributed by atoms with van der Waals surface area (Å²) in [6, 6.07) is 23.5. The van der Waals surface area contributed by atoms with Crippen LogP contribution in [0.5, 0.6) is 0 Å². The third-order valence-electron chi connectivity index (χ3n) is 5.03. The van der Waals surface area contributed by atoms with Crippen LogP contribution in [0.3, 0.4) is 0 Å². The fourth-order valence-electron chi connectivity index (χ4n) is 3.43. The number of nitrogens with one attached hydrogen (secondary N) is 1. The molecule has 1 N–H and O–H groups in total. The summed E-state index contributed by atoms with van der Waals surface area (Å²) < 4.78 is 0. The summed E-state index contributed by atoms with van der Waals surface area (Å²) >= 11 is 12.1. The number of likely N-dealkylation sites (N-methyl/N-ethyl adjacent to an activating group) is 1. The van der Waals surface area contributed by atoms with Gasteiger partial charge in [-0.2, -0.15) is 0 Å². The molecule has 4 nitrogen and oxygen atoms in total. The van der Waals surface area contributed by atoms with Crippen LogP contribution in [0.15, 0.2) is 78.9 Å². The van der Waals surface area contributed by atoms with Gasteiger partial charge in [-0.15, -0.1) is 0 Å². The first kappa shape index (κ1) is 22.9. The minimum atomic E-state index is -0.661. The van der Waals surface area contributed by atoms with Crippen molar-refractivity contribution < 1.29 is 9.59 Å². The summed E-state index contributed by atoms with van der Waals surface area (Å²) in [6.07, 6.45) is 0.577. The molecular formula is C25H24Cl2N2O2. The summed E-state index contributed by atoms with van der Waals surface area (Å²) in [7, 11) is 1.58. The normalized spacial score (nSPS) is 11.6. The lowest BCUT2D eigenvalue weighted by Crippen LogP contribution is -2.50. The number of halogens is 2. The molecule has 3 aromatic rings. The second-order valence-corrected chi connectivity index (χ2v) is 8.15. The number of rotatable bonds is 8. The van der Waals surface area contributed by atoms with E-state index in [1.165, 1.54) is 0 Å². The van der Waals surface area contributed by atoms with Crippen LogP contribution in [-0.2, 0) is 29.0 Å². The SMILES string of the molecule is CNC(=O)C(Cc1ccccc1)N(Cc1cccc(Cl)c1)C(=O)Cc1ccc(Cl)cc1. The Labute approximate surface area is 192 Å². The molecule has 160 valence electrons.